The number of hydrogen-bond acceptors (Lipinski definition) is 6. The van der Waals surface area contributed by atoms with E-state index in [2.05, 4.69) is 161 Å². The van der Waals surface area contributed by atoms with Crippen LogP contribution >= 0.6 is 0 Å². The molecule has 0 fully saturated rings. The molecule has 0 aromatic rings. The summed E-state index contributed by atoms with van der Waals surface area (Å²) in [7, 11) is 0. The molecule has 1 atom stereocenters. The molecule has 0 amide bonds. The SMILES string of the molecule is CC/C=C/C=C/C=C/CCCCCCCC(=O)OCC(COC(=O)CCC/C=C/C/C=C/C/C=C/C/C=C/C/C=C/CC)OC(=O)CCC/C=C/C/C=C/C/C=C/C/C=C/CCCCC. The maximum Gasteiger partial charge on any atom is 0.306 e. The van der Waals surface area contributed by atoms with Crippen LogP contribution in [0.2, 0.25) is 0 Å². The molecule has 0 bridgehead atoms. The number of carbonyl (C=O) groups excluding carboxylic acids is 3. The molecule has 65 heavy (non-hydrogen) atoms. The molecule has 0 heterocycles. The van der Waals surface area contributed by atoms with Crippen LogP contribution in [-0.2, 0) is 28.6 Å². The highest BCUT2D eigenvalue weighted by Crippen LogP contribution is 2.11. The van der Waals surface area contributed by atoms with Crippen molar-refractivity contribution < 1.29 is 28.6 Å². The first-order chi connectivity index (χ1) is 32.0. The van der Waals surface area contributed by atoms with Gasteiger partial charge in [0.05, 0.1) is 0 Å². The van der Waals surface area contributed by atoms with Crippen molar-refractivity contribution in [1.29, 1.82) is 0 Å². The third-order valence-corrected chi connectivity index (χ3v) is 9.87. The van der Waals surface area contributed by atoms with Crippen LogP contribution in [0.1, 0.15) is 188 Å². The number of esters is 3. The zero-order valence-corrected chi connectivity index (χ0v) is 41.2. The van der Waals surface area contributed by atoms with Gasteiger partial charge >= 0.3 is 17.9 Å². The first-order valence-electron chi connectivity index (χ1n) is 25.4. The molecule has 0 aromatic carbocycles. The van der Waals surface area contributed by atoms with Crippen molar-refractivity contribution in [1.82, 2.24) is 0 Å². The number of carbonyl (C=O) groups is 3. The van der Waals surface area contributed by atoms with Crippen molar-refractivity contribution >= 4 is 17.9 Å². The lowest BCUT2D eigenvalue weighted by atomic mass is 10.1. The van der Waals surface area contributed by atoms with E-state index >= 15 is 0 Å². The fourth-order valence-corrected chi connectivity index (χ4v) is 6.11. The van der Waals surface area contributed by atoms with Crippen LogP contribution in [0.4, 0.5) is 0 Å². The molecule has 0 aromatic heterocycles. The van der Waals surface area contributed by atoms with E-state index in [9.17, 15) is 14.4 Å². The zero-order chi connectivity index (χ0) is 47.2. The topological polar surface area (TPSA) is 78.9 Å². The van der Waals surface area contributed by atoms with Gasteiger partial charge in [-0.3, -0.25) is 14.4 Å². The molecule has 0 aliphatic carbocycles. The number of unbranched alkanes of at least 4 members (excludes halogenated alkanes) is 10. The predicted octanol–water partition coefficient (Wildman–Crippen LogP) is 16.9. The molecule has 0 saturated carbocycles. The Morgan fingerprint density at radius 2 is 0.692 bits per heavy atom. The fraction of sp³-hybridized carbons (Fsp3) is 0.542. The molecule has 0 aliphatic heterocycles. The molecule has 0 radical (unpaired) electrons. The van der Waals surface area contributed by atoms with Gasteiger partial charge in [-0.15, -0.1) is 0 Å². The van der Waals surface area contributed by atoms with E-state index < -0.39 is 12.1 Å². The summed E-state index contributed by atoms with van der Waals surface area (Å²) in [5, 5.41) is 0. The van der Waals surface area contributed by atoms with Gasteiger partial charge in [-0.05, 0) is 116 Å². The summed E-state index contributed by atoms with van der Waals surface area (Å²) in [5.74, 6) is -1.08. The van der Waals surface area contributed by atoms with Gasteiger partial charge in [0, 0.05) is 19.3 Å². The Balaban J connectivity index is 4.63. The Hall–Kier alpha value is -4.71. The smallest absolute Gasteiger partial charge is 0.306 e. The molecule has 0 spiro atoms. The van der Waals surface area contributed by atoms with Crippen LogP contribution in [0.25, 0.3) is 0 Å². The first kappa shape index (κ1) is 60.3. The summed E-state index contributed by atoms with van der Waals surface area (Å²) < 4.78 is 16.7. The third kappa shape index (κ3) is 50.2. The second-order valence-corrected chi connectivity index (χ2v) is 16.0. The Morgan fingerprint density at radius 3 is 1.17 bits per heavy atom. The van der Waals surface area contributed by atoms with Crippen LogP contribution in [-0.4, -0.2) is 37.2 Å². The maximum absolute atomic E-state index is 12.8. The van der Waals surface area contributed by atoms with Crippen molar-refractivity contribution in [2.24, 2.45) is 0 Å². The summed E-state index contributed by atoms with van der Waals surface area (Å²) in [5.41, 5.74) is 0. The molecule has 362 valence electrons. The normalized spacial score (nSPS) is 13.3. The van der Waals surface area contributed by atoms with Crippen molar-refractivity contribution in [3.8, 4) is 0 Å². The fourth-order valence-electron chi connectivity index (χ4n) is 6.11. The van der Waals surface area contributed by atoms with Crippen LogP contribution in [0.15, 0.2) is 146 Å². The molecule has 0 rings (SSSR count). The summed E-state index contributed by atoms with van der Waals surface area (Å²) in [4.78, 5) is 37.9. The monoisotopic (exact) mass is 895 g/mol. The van der Waals surface area contributed by atoms with Crippen LogP contribution in [0.5, 0.6) is 0 Å². The van der Waals surface area contributed by atoms with Crippen molar-refractivity contribution in [3.05, 3.63) is 146 Å². The van der Waals surface area contributed by atoms with Crippen molar-refractivity contribution in [2.75, 3.05) is 13.2 Å². The number of rotatable bonds is 43. The van der Waals surface area contributed by atoms with Crippen LogP contribution in [0.3, 0.4) is 0 Å². The second kappa shape index (κ2) is 51.9. The van der Waals surface area contributed by atoms with Gasteiger partial charge in [-0.2, -0.15) is 0 Å². The molecule has 1 unspecified atom stereocenters. The standard InChI is InChI=1S/C59H90O6/c1-4-7-10-13-16-19-22-25-27-29-31-34-37-40-43-46-49-52-58(61)64-55-56(54-63-57(60)51-48-45-42-39-36-33-24-21-18-15-12-9-6-3)65-59(62)53-50-47-44-41-38-35-32-30-28-26-23-20-17-14-11-8-5-2/h7,9-10,12,15-21,24-28,31-32,34-35,40-41,43-44,56H,4-6,8,11,13-14,22-23,29-30,33,36-39,42,45-55H2,1-3H3/b10-7+,12-9+,18-15+,19-16+,20-17+,24-21+,27-25+,28-26+,34-31+,35-32+,43-40+,44-41+. The second-order valence-electron chi connectivity index (χ2n) is 16.0. The minimum atomic E-state index is -0.844. The molecule has 6 nitrogen and oxygen atoms in total. The highest BCUT2D eigenvalue weighted by atomic mass is 16.6. The lowest BCUT2D eigenvalue weighted by Gasteiger charge is -2.18. The average Bonchev–Trinajstić information content (AvgIpc) is 3.30. The van der Waals surface area contributed by atoms with Crippen LogP contribution < -0.4 is 0 Å². The minimum Gasteiger partial charge on any atom is -0.462 e. The van der Waals surface area contributed by atoms with Gasteiger partial charge in [0.15, 0.2) is 6.10 Å². The summed E-state index contributed by atoms with van der Waals surface area (Å²) >= 11 is 0. The van der Waals surface area contributed by atoms with E-state index in [0.29, 0.717) is 19.3 Å². The quantitative estimate of drug-likeness (QED) is 0.0199. The summed E-state index contributed by atoms with van der Waals surface area (Å²) in [6, 6.07) is 0. The van der Waals surface area contributed by atoms with Gasteiger partial charge in [-0.1, -0.05) is 199 Å². The number of hydrogen-bond donors (Lipinski definition) is 0. The van der Waals surface area contributed by atoms with E-state index in [1.165, 1.54) is 25.7 Å². The van der Waals surface area contributed by atoms with Gasteiger partial charge in [0.2, 0.25) is 0 Å². The van der Waals surface area contributed by atoms with E-state index in [0.717, 1.165) is 109 Å². The highest BCUT2D eigenvalue weighted by molar-refractivity contribution is 5.71. The largest absolute Gasteiger partial charge is 0.462 e. The number of ether oxygens (including phenoxy) is 3. The Morgan fingerprint density at radius 1 is 0.338 bits per heavy atom. The van der Waals surface area contributed by atoms with E-state index in [1.807, 2.05) is 6.08 Å². The van der Waals surface area contributed by atoms with Gasteiger partial charge < -0.3 is 14.2 Å². The van der Waals surface area contributed by atoms with E-state index in [1.54, 1.807) is 0 Å². The molecule has 0 saturated heterocycles. The average molecular weight is 895 g/mol. The maximum atomic E-state index is 12.8. The zero-order valence-electron chi connectivity index (χ0n) is 41.2. The predicted molar refractivity (Wildman–Crippen MR) is 279 cm³/mol. The summed E-state index contributed by atoms with van der Waals surface area (Å²) in [6.45, 7) is 6.22. The molecule has 0 aliphatic rings. The first-order valence-corrected chi connectivity index (χ1v) is 25.4. The van der Waals surface area contributed by atoms with Gasteiger partial charge in [0.1, 0.15) is 13.2 Å². The Labute approximate surface area is 397 Å². The third-order valence-electron chi connectivity index (χ3n) is 9.87. The summed E-state index contributed by atoms with van der Waals surface area (Å²) in [6.07, 6.45) is 74.1. The number of allylic oxidation sites excluding steroid dienone is 24. The van der Waals surface area contributed by atoms with Gasteiger partial charge in [0.25, 0.3) is 0 Å². The van der Waals surface area contributed by atoms with E-state index in [4.69, 9.17) is 14.2 Å². The minimum absolute atomic E-state index is 0.135. The lowest BCUT2D eigenvalue weighted by Crippen LogP contribution is -2.30. The van der Waals surface area contributed by atoms with Crippen molar-refractivity contribution in [2.45, 2.75) is 194 Å². The van der Waals surface area contributed by atoms with Crippen molar-refractivity contribution in [3.63, 3.8) is 0 Å². The van der Waals surface area contributed by atoms with Crippen LogP contribution in [0, 0.1) is 0 Å². The van der Waals surface area contributed by atoms with E-state index in [-0.39, 0.29) is 38.0 Å². The molecule has 6 heteroatoms. The Kier molecular flexibility index (Phi) is 48.2. The van der Waals surface area contributed by atoms with Gasteiger partial charge in [-0.25, -0.2) is 0 Å². The molecule has 0 N–H and O–H groups in total. The molecular formula is C59H90O6. The Bertz CT molecular complexity index is 1490. The highest BCUT2D eigenvalue weighted by Gasteiger charge is 2.19. The molecular weight excluding hydrogens is 805 g/mol. The lowest BCUT2D eigenvalue weighted by molar-refractivity contribution is -0.167.